The van der Waals surface area contributed by atoms with Crippen LogP contribution in [0.25, 0.3) is 10.9 Å². The zero-order chi connectivity index (χ0) is 18.0. The standard InChI is InChI=1S/C19H26N2O4/c1-12-5-7-21(8-6-12)16(22)9-13-11-20-14-10-15(23-2)18(24-3)19(25-4)17(13)14/h10-12,20H,5-9H2,1-4H3. The van der Waals surface area contributed by atoms with Crippen molar-refractivity contribution in [3.8, 4) is 17.2 Å². The van der Waals surface area contributed by atoms with Crippen LogP contribution in [0.1, 0.15) is 25.3 Å². The zero-order valence-electron chi connectivity index (χ0n) is 15.3. The number of carbonyl (C=O) groups is 1. The van der Waals surface area contributed by atoms with Gasteiger partial charge in [0.2, 0.25) is 11.7 Å². The minimum atomic E-state index is 0.157. The van der Waals surface area contributed by atoms with E-state index in [1.807, 2.05) is 17.2 Å². The van der Waals surface area contributed by atoms with Gasteiger partial charge in [-0.05, 0) is 24.3 Å². The highest BCUT2D eigenvalue weighted by Crippen LogP contribution is 2.44. The molecule has 1 aromatic carbocycles. The van der Waals surface area contributed by atoms with E-state index in [-0.39, 0.29) is 5.91 Å². The molecule has 0 saturated carbocycles. The summed E-state index contributed by atoms with van der Waals surface area (Å²) >= 11 is 0. The summed E-state index contributed by atoms with van der Waals surface area (Å²) in [5, 5.41) is 0.874. The van der Waals surface area contributed by atoms with Crippen molar-refractivity contribution in [2.45, 2.75) is 26.2 Å². The van der Waals surface area contributed by atoms with Crippen molar-refractivity contribution >= 4 is 16.8 Å². The van der Waals surface area contributed by atoms with Gasteiger partial charge in [0, 0.05) is 30.7 Å². The molecule has 1 fully saturated rings. The number of fused-ring (bicyclic) bond motifs is 1. The number of ether oxygens (including phenoxy) is 3. The van der Waals surface area contributed by atoms with Crippen LogP contribution in [0.5, 0.6) is 17.2 Å². The molecule has 2 aromatic rings. The van der Waals surface area contributed by atoms with Crippen LogP contribution >= 0.6 is 0 Å². The van der Waals surface area contributed by atoms with Crippen LogP contribution in [0.3, 0.4) is 0 Å². The van der Waals surface area contributed by atoms with E-state index in [9.17, 15) is 4.79 Å². The van der Waals surface area contributed by atoms with Crippen LogP contribution in [0.4, 0.5) is 0 Å². The highest BCUT2D eigenvalue weighted by atomic mass is 16.5. The van der Waals surface area contributed by atoms with Gasteiger partial charge in [-0.2, -0.15) is 0 Å². The van der Waals surface area contributed by atoms with E-state index in [1.165, 1.54) is 0 Å². The molecule has 1 saturated heterocycles. The van der Waals surface area contributed by atoms with Crippen LogP contribution in [0, 0.1) is 5.92 Å². The molecule has 1 aromatic heterocycles. The highest BCUT2D eigenvalue weighted by molar-refractivity contribution is 5.96. The van der Waals surface area contributed by atoms with Crippen molar-refractivity contribution in [1.82, 2.24) is 9.88 Å². The largest absolute Gasteiger partial charge is 0.493 e. The van der Waals surface area contributed by atoms with Gasteiger partial charge in [-0.15, -0.1) is 0 Å². The molecule has 136 valence electrons. The first-order valence-corrected chi connectivity index (χ1v) is 8.65. The topological polar surface area (TPSA) is 63.8 Å². The number of hydrogen-bond acceptors (Lipinski definition) is 4. The molecule has 0 radical (unpaired) electrons. The van der Waals surface area contributed by atoms with Gasteiger partial charge in [0.25, 0.3) is 0 Å². The molecule has 1 aliphatic heterocycles. The molecule has 1 N–H and O–H groups in total. The molecular formula is C19H26N2O4. The lowest BCUT2D eigenvalue weighted by molar-refractivity contribution is -0.131. The van der Waals surface area contributed by atoms with E-state index >= 15 is 0 Å². The predicted octanol–water partition coefficient (Wildman–Crippen LogP) is 2.99. The maximum Gasteiger partial charge on any atom is 0.227 e. The van der Waals surface area contributed by atoms with Gasteiger partial charge in [-0.3, -0.25) is 4.79 Å². The Balaban J connectivity index is 1.93. The monoisotopic (exact) mass is 346 g/mol. The number of amides is 1. The lowest BCUT2D eigenvalue weighted by Gasteiger charge is -2.30. The molecule has 6 nitrogen and oxygen atoms in total. The fourth-order valence-electron chi connectivity index (χ4n) is 3.50. The summed E-state index contributed by atoms with van der Waals surface area (Å²) in [5.41, 5.74) is 1.78. The summed E-state index contributed by atoms with van der Waals surface area (Å²) < 4.78 is 16.4. The smallest absolute Gasteiger partial charge is 0.227 e. The molecule has 1 amide bonds. The molecule has 0 bridgehead atoms. The van der Waals surface area contributed by atoms with Gasteiger partial charge in [0.1, 0.15) is 0 Å². The lowest BCUT2D eigenvalue weighted by atomic mass is 9.98. The number of piperidine rings is 1. The number of H-pyrrole nitrogens is 1. The van der Waals surface area contributed by atoms with E-state index in [4.69, 9.17) is 14.2 Å². The van der Waals surface area contributed by atoms with Crippen molar-refractivity contribution < 1.29 is 19.0 Å². The summed E-state index contributed by atoms with van der Waals surface area (Å²) in [7, 11) is 4.77. The molecule has 1 aliphatic rings. The summed E-state index contributed by atoms with van der Waals surface area (Å²) in [6, 6.07) is 1.87. The highest BCUT2D eigenvalue weighted by Gasteiger charge is 2.24. The number of benzene rings is 1. The lowest BCUT2D eigenvalue weighted by Crippen LogP contribution is -2.38. The quantitative estimate of drug-likeness (QED) is 0.904. The van der Waals surface area contributed by atoms with Gasteiger partial charge in [-0.25, -0.2) is 0 Å². The van der Waals surface area contributed by atoms with Crippen LogP contribution in [-0.4, -0.2) is 50.2 Å². The number of hydrogen-bond donors (Lipinski definition) is 1. The molecule has 0 aliphatic carbocycles. The number of carbonyl (C=O) groups excluding carboxylic acids is 1. The minimum absolute atomic E-state index is 0.157. The van der Waals surface area contributed by atoms with E-state index in [0.717, 1.165) is 42.4 Å². The van der Waals surface area contributed by atoms with Gasteiger partial charge in [-0.1, -0.05) is 6.92 Å². The van der Waals surface area contributed by atoms with Crippen LogP contribution in [0.2, 0.25) is 0 Å². The van der Waals surface area contributed by atoms with Crippen molar-refractivity contribution in [2.24, 2.45) is 5.92 Å². The Kier molecular flexibility index (Phi) is 5.06. The van der Waals surface area contributed by atoms with Crippen molar-refractivity contribution in [2.75, 3.05) is 34.4 Å². The summed E-state index contributed by atoms with van der Waals surface area (Å²) in [6.07, 6.45) is 4.37. The number of likely N-dealkylation sites (tertiary alicyclic amines) is 1. The van der Waals surface area contributed by atoms with Crippen molar-refractivity contribution in [1.29, 1.82) is 0 Å². The second-order valence-electron chi connectivity index (χ2n) is 6.62. The SMILES string of the molecule is COc1cc2[nH]cc(CC(=O)N3CCC(C)CC3)c2c(OC)c1OC. The Morgan fingerprint density at radius 1 is 1.16 bits per heavy atom. The first-order valence-electron chi connectivity index (χ1n) is 8.65. The fourth-order valence-corrected chi connectivity index (χ4v) is 3.50. The summed E-state index contributed by atoms with van der Waals surface area (Å²) in [6.45, 7) is 3.93. The molecule has 6 heteroatoms. The van der Waals surface area contributed by atoms with E-state index < -0.39 is 0 Å². The van der Waals surface area contributed by atoms with Crippen LogP contribution < -0.4 is 14.2 Å². The Bertz CT molecular complexity index is 760. The average Bonchev–Trinajstić information content (AvgIpc) is 3.02. The predicted molar refractivity (Wildman–Crippen MR) is 96.6 cm³/mol. The third kappa shape index (κ3) is 3.25. The molecule has 0 spiro atoms. The minimum Gasteiger partial charge on any atom is -0.493 e. The third-order valence-electron chi connectivity index (χ3n) is 5.03. The second kappa shape index (κ2) is 7.25. The normalized spacial score (nSPS) is 15.4. The van der Waals surface area contributed by atoms with Crippen molar-refractivity contribution in [3.05, 3.63) is 17.8 Å². The van der Waals surface area contributed by atoms with E-state index in [2.05, 4.69) is 11.9 Å². The van der Waals surface area contributed by atoms with Crippen LogP contribution in [0.15, 0.2) is 12.3 Å². The Morgan fingerprint density at radius 3 is 2.44 bits per heavy atom. The Morgan fingerprint density at radius 2 is 1.84 bits per heavy atom. The fraction of sp³-hybridized carbons (Fsp3) is 0.526. The maximum absolute atomic E-state index is 12.7. The van der Waals surface area contributed by atoms with Crippen molar-refractivity contribution in [3.63, 3.8) is 0 Å². The van der Waals surface area contributed by atoms with Gasteiger partial charge < -0.3 is 24.1 Å². The molecule has 3 rings (SSSR count). The average molecular weight is 346 g/mol. The molecule has 0 unspecified atom stereocenters. The first kappa shape index (κ1) is 17.5. The number of methoxy groups -OCH3 is 3. The molecular weight excluding hydrogens is 320 g/mol. The van der Waals surface area contributed by atoms with E-state index in [0.29, 0.717) is 29.6 Å². The summed E-state index contributed by atoms with van der Waals surface area (Å²) in [4.78, 5) is 17.9. The Labute approximate surface area is 148 Å². The van der Waals surface area contributed by atoms with Gasteiger partial charge in [0.05, 0.1) is 33.3 Å². The van der Waals surface area contributed by atoms with E-state index in [1.54, 1.807) is 21.3 Å². The van der Waals surface area contributed by atoms with Gasteiger partial charge >= 0.3 is 0 Å². The number of aromatic nitrogens is 1. The number of aromatic amines is 1. The molecule has 0 atom stereocenters. The maximum atomic E-state index is 12.7. The number of nitrogens with one attached hydrogen (secondary N) is 1. The van der Waals surface area contributed by atoms with Crippen LogP contribution in [-0.2, 0) is 11.2 Å². The second-order valence-corrected chi connectivity index (χ2v) is 6.62. The zero-order valence-corrected chi connectivity index (χ0v) is 15.3. The van der Waals surface area contributed by atoms with Gasteiger partial charge in [0.15, 0.2) is 11.5 Å². The number of nitrogens with zero attached hydrogens (tertiary/aromatic N) is 1. The summed E-state index contributed by atoms with van der Waals surface area (Å²) in [5.74, 6) is 2.58. The first-order chi connectivity index (χ1) is 12.1. The molecule has 25 heavy (non-hydrogen) atoms. The Hall–Kier alpha value is -2.37. The molecule has 2 heterocycles. The number of rotatable bonds is 5. The third-order valence-corrected chi connectivity index (χ3v) is 5.03.